The number of rotatable bonds is 1. The monoisotopic (exact) mass is 269 g/mol. The number of nitrogens with two attached hydrogens (primary N) is 1. The van der Waals surface area contributed by atoms with Crippen molar-refractivity contribution in [2.24, 2.45) is 11.1 Å². The van der Waals surface area contributed by atoms with Crippen molar-refractivity contribution in [1.29, 1.82) is 0 Å². The quantitative estimate of drug-likeness (QED) is 0.811. The van der Waals surface area contributed by atoms with Gasteiger partial charge in [0.15, 0.2) is 0 Å². The Morgan fingerprint density at radius 2 is 1.95 bits per heavy atom. The molecule has 1 aliphatic rings. The lowest BCUT2D eigenvalue weighted by Crippen LogP contribution is -2.30. The molecule has 0 saturated heterocycles. The molecule has 0 heterocycles. The van der Waals surface area contributed by atoms with Crippen LogP contribution in [0.1, 0.15) is 37.8 Å². The molecule has 1 aromatic rings. The number of alkyl halides is 3. The van der Waals surface area contributed by atoms with E-state index < -0.39 is 11.7 Å². The Morgan fingerprint density at radius 3 is 2.53 bits per heavy atom. The summed E-state index contributed by atoms with van der Waals surface area (Å²) in [5.41, 5.74) is 6.92. The van der Waals surface area contributed by atoms with Gasteiger partial charge in [0, 0.05) is 6.04 Å². The predicted molar refractivity (Wildman–Crippen MR) is 70.4 cm³/mol. The predicted octanol–water partition coefficient (Wildman–Crippen LogP) is 4.24. The minimum absolute atomic E-state index is 0.0255. The molecule has 1 aromatic carbocycles. The Balaban J connectivity index is 2.37. The van der Waals surface area contributed by atoms with E-state index in [2.05, 4.69) is 13.8 Å². The summed E-state index contributed by atoms with van der Waals surface area (Å²) in [5, 5.41) is 0. The zero-order valence-corrected chi connectivity index (χ0v) is 11.1. The zero-order chi connectivity index (χ0) is 14.3. The smallest absolute Gasteiger partial charge is 0.324 e. The molecule has 1 unspecified atom stereocenters. The maximum absolute atomic E-state index is 12.7. The fourth-order valence-electron chi connectivity index (χ4n) is 2.70. The van der Waals surface area contributed by atoms with Gasteiger partial charge in [-0.3, -0.25) is 0 Å². The van der Waals surface area contributed by atoms with Crippen molar-refractivity contribution in [3.63, 3.8) is 0 Å². The molecule has 1 aliphatic carbocycles. The van der Waals surface area contributed by atoms with Gasteiger partial charge in [0.2, 0.25) is 0 Å². The molecule has 4 heteroatoms. The van der Waals surface area contributed by atoms with Crippen LogP contribution in [0.5, 0.6) is 0 Å². The van der Waals surface area contributed by atoms with Crippen LogP contribution in [-0.2, 0) is 6.18 Å². The lowest BCUT2D eigenvalue weighted by molar-refractivity contribution is -0.137. The van der Waals surface area contributed by atoms with Crippen LogP contribution in [0.15, 0.2) is 30.3 Å². The summed E-state index contributed by atoms with van der Waals surface area (Å²) in [5.74, 6) is 0. The fraction of sp³-hybridized carbons (Fsp3) is 0.467. The standard InChI is InChI=1S/C15H18F3N/c1-14(2)8-11(7-13(19)9-14)10-4-3-5-12(6-10)15(16,17)18/h3-7,13H,8-9,19H2,1-2H3. The summed E-state index contributed by atoms with van der Waals surface area (Å²) in [6, 6.07) is 5.38. The van der Waals surface area contributed by atoms with Crippen molar-refractivity contribution < 1.29 is 13.2 Å². The maximum Gasteiger partial charge on any atom is 0.416 e. The van der Waals surface area contributed by atoms with Crippen LogP contribution in [-0.4, -0.2) is 6.04 Å². The number of hydrogen-bond donors (Lipinski definition) is 1. The highest BCUT2D eigenvalue weighted by atomic mass is 19.4. The van der Waals surface area contributed by atoms with Gasteiger partial charge in [-0.05, 0) is 41.5 Å². The van der Waals surface area contributed by atoms with E-state index in [-0.39, 0.29) is 11.5 Å². The molecule has 0 spiro atoms. The highest BCUT2D eigenvalue weighted by Crippen LogP contribution is 2.40. The Kier molecular flexibility index (Phi) is 3.47. The van der Waals surface area contributed by atoms with Crippen molar-refractivity contribution in [3.8, 4) is 0 Å². The molecule has 0 fully saturated rings. The maximum atomic E-state index is 12.7. The van der Waals surface area contributed by atoms with Crippen molar-refractivity contribution in [1.82, 2.24) is 0 Å². The van der Waals surface area contributed by atoms with E-state index in [1.807, 2.05) is 6.08 Å². The van der Waals surface area contributed by atoms with Crippen LogP contribution in [0.25, 0.3) is 5.57 Å². The van der Waals surface area contributed by atoms with Gasteiger partial charge in [-0.1, -0.05) is 32.1 Å². The van der Waals surface area contributed by atoms with Crippen LogP contribution in [0, 0.1) is 5.41 Å². The number of allylic oxidation sites excluding steroid dienone is 1. The Morgan fingerprint density at radius 1 is 1.26 bits per heavy atom. The topological polar surface area (TPSA) is 26.0 Å². The molecule has 2 N–H and O–H groups in total. The van der Waals surface area contributed by atoms with Gasteiger partial charge >= 0.3 is 6.18 Å². The summed E-state index contributed by atoms with van der Waals surface area (Å²) >= 11 is 0. The zero-order valence-electron chi connectivity index (χ0n) is 11.1. The molecule has 0 aliphatic heterocycles. The molecule has 1 atom stereocenters. The summed E-state index contributed by atoms with van der Waals surface area (Å²) < 4.78 is 38.2. The number of hydrogen-bond acceptors (Lipinski definition) is 1. The van der Waals surface area contributed by atoms with Gasteiger partial charge in [-0.15, -0.1) is 0 Å². The van der Waals surface area contributed by atoms with Crippen LogP contribution in [0.2, 0.25) is 0 Å². The number of benzene rings is 1. The van der Waals surface area contributed by atoms with E-state index in [0.717, 1.165) is 24.5 Å². The van der Waals surface area contributed by atoms with Crippen LogP contribution in [0.4, 0.5) is 13.2 Å². The van der Waals surface area contributed by atoms with Gasteiger partial charge in [0.05, 0.1) is 5.56 Å². The first-order valence-corrected chi connectivity index (χ1v) is 6.31. The van der Waals surface area contributed by atoms with Gasteiger partial charge < -0.3 is 5.73 Å². The highest BCUT2D eigenvalue weighted by Gasteiger charge is 2.32. The summed E-state index contributed by atoms with van der Waals surface area (Å²) in [6.45, 7) is 4.18. The van der Waals surface area contributed by atoms with E-state index in [4.69, 9.17) is 5.73 Å². The van der Waals surface area contributed by atoms with E-state index in [0.29, 0.717) is 5.56 Å². The van der Waals surface area contributed by atoms with Crippen LogP contribution in [0.3, 0.4) is 0 Å². The van der Waals surface area contributed by atoms with Gasteiger partial charge in [0.1, 0.15) is 0 Å². The fourth-order valence-corrected chi connectivity index (χ4v) is 2.70. The average Bonchev–Trinajstić information content (AvgIpc) is 2.25. The average molecular weight is 269 g/mol. The van der Waals surface area contributed by atoms with Crippen molar-refractivity contribution in [3.05, 3.63) is 41.5 Å². The number of halogens is 3. The minimum Gasteiger partial charge on any atom is -0.324 e. The second-order valence-corrected chi connectivity index (χ2v) is 5.98. The molecule has 1 nitrogen and oxygen atoms in total. The Labute approximate surface area is 111 Å². The lowest BCUT2D eigenvalue weighted by Gasteiger charge is -2.33. The Hall–Kier alpha value is -1.29. The third-order valence-electron chi connectivity index (χ3n) is 3.43. The molecule has 0 aromatic heterocycles. The molecule has 19 heavy (non-hydrogen) atoms. The minimum atomic E-state index is -4.30. The first-order chi connectivity index (χ1) is 8.67. The molecule has 0 amide bonds. The first kappa shape index (κ1) is 14.1. The van der Waals surface area contributed by atoms with Crippen molar-refractivity contribution >= 4 is 5.57 Å². The lowest BCUT2D eigenvalue weighted by atomic mass is 9.74. The normalized spacial score (nSPS) is 23.1. The molecular weight excluding hydrogens is 251 g/mol. The largest absolute Gasteiger partial charge is 0.416 e. The van der Waals surface area contributed by atoms with E-state index >= 15 is 0 Å². The third-order valence-corrected chi connectivity index (χ3v) is 3.43. The molecular formula is C15H18F3N. The summed E-state index contributed by atoms with van der Waals surface area (Å²) in [7, 11) is 0. The van der Waals surface area contributed by atoms with Crippen LogP contribution < -0.4 is 5.73 Å². The highest BCUT2D eigenvalue weighted by molar-refractivity contribution is 5.68. The first-order valence-electron chi connectivity index (χ1n) is 6.31. The second kappa shape index (κ2) is 4.67. The molecule has 0 radical (unpaired) electrons. The summed E-state index contributed by atoms with van der Waals surface area (Å²) in [6.07, 6.45) is -0.804. The molecule has 2 rings (SSSR count). The van der Waals surface area contributed by atoms with Gasteiger partial charge in [-0.25, -0.2) is 0 Å². The summed E-state index contributed by atoms with van der Waals surface area (Å²) in [4.78, 5) is 0. The van der Waals surface area contributed by atoms with Crippen molar-refractivity contribution in [2.45, 2.75) is 38.9 Å². The van der Waals surface area contributed by atoms with E-state index in [1.54, 1.807) is 6.07 Å². The van der Waals surface area contributed by atoms with Crippen molar-refractivity contribution in [2.75, 3.05) is 0 Å². The van der Waals surface area contributed by atoms with Gasteiger partial charge in [-0.2, -0.15) is 13.2 Å². The SMILES string of the molecule is CC1(C)CC(c2cccc(C(F)(F)F)c2)=CC(N)C1. The second-order valence-electron chi connectivity index (χ2n) is 5.98. The van der Waals surface area contributed by atoms with Gasteiger partial charge in [0.25, 0.3) is 0 Å². The molecule has 0 bridgehead atoms. The molecule has 104 valence electrons. The molecule has 0 saturated carbocycles. The third kappa shape index (κ3) is 3.38. The Bertz CT molecular complexity index is 500. The van der Waals surface area contributed by atoms with E-state index in [1.165, 1.54) is 12.1 Å². The van der Waals surface area contributed by atoms with E-state index in [9.17, 15) is 13.2 Å². The van der Waals surface area contributed by atoms with Crippen LogP contribution >= 0.6 is 0 Å².